The molecule has 0 aromatic heterocycles. The van der Waals surface area contributed by atoms with Crippen LogP contribution in [0.4, 0.5) is 5.69 Å². The largest absolute Gasteiger partial charge is 0.380 e. The van der Waals surface area contributed by atoms with Crippen LogP contribution in [0.15, 0.2) is 24.3 Å². The first kappa shape index (κ1) is 11.5. The zero-order chi connectivity index (χ0) is 11.4. The molecule has 0 N–H and O–H groups in total. The molecular formula is C14H21NO. The lowest BCUT2D eigenvalue weighted by atomic mass is 10.0. The molecule has 0 aliphatic carbocycles. The molecule has 1 aliphatic rings. The molecule has 1 saturated heterocycles. The first-order valence-electron chi connectivity index (χ1n) is 6.20. The van der Waals surface area contributed by atoms with Gasteiger partial charge in [0.25, 0.3) is 0 Å². The van der Waals surface area contributed by atoms with E-state index in [9.17, 15) is 0 Å². The second-order valence-electron chi connectivity index (χ2n) is 4.70. The number of hydrogen-bond donors (Lipinski definition) is 0. The summed E-state index contributed by atoms with van der Waals surface area (Å²) in [6.45, 7) is 8.35. The second kappa shape index (κ2) is 5.35. The van der Waals surface area contributed by atoms with E-state index in [4.69, 9.17) is 4.74 Å². The van der Waals surface area contributed by atoms with Crippen molar-refractivity contribution in [2.24, 2.45) is 0 Å². The van der Waals surface area contributed by atoms with Crippen LogP contribution in [-0.4, -0.2) is 26.3 Å². The van der Waals surface area contributed by atoms with Gasteiger partial charge in [0.2, 0.25) is 0 Å². The Morgan fingerprint density at radius 2 is 1.81 bits per heavy atom. The normalized spacial score (nSPS) is 17.6. The van der Waals surface area contributed by atoms with Gasteiger partial charge in [0, 0.05) is 25.4 Å². The van der Waals surface area contributed by atoms with Crippen molar-refractivity contribution < 1.29 is 4.74 Å². The van der Waals surface area contributed by atoms with Crippen LogP contribution < -0.4 is 4.90 Å². The fraction of sp³-hybridized carbons (Fsp3) is 0.571. The van der Waals surface area contributed by atoms with Gasteiger partial charge in [-0.2, -0.15) is 0 Å². The van der Waals surface area contributed by atoms with Crippen molar-refractivity contribution >= 4 is 5.69 Å². The maximum Gasteiger partial charge on any atom is 0.0641 e. The van der Waals surface area contributed by atoms with E-state index in [2.05, 4.69) is 43.0 Å². The minimum Gasteiger partial charge on any atom is -0.380 e. The maximum absolute atomic E-state index is 5.47. The van der Waals surface area contributed by atoms with Crippen LogP contribution in [0, 0.1) is 0 Å². The van der Waals surface area contributed by atoms with E-state index in [1.807, 2.05) is 0 Å². The first-order chi connectivity index (χ1) is 7.77. The Morgan fingerprint density at radius 1 is 1.06 bits per heavy atom. The maximum atomic E-state index is 5.47. The van der Waals surface area contributed by atoms with E-state index in [1.54, 1.807) is 0 Å². The van der Waals surface area contributed by atoms with Gasteiger partial charge in [-0.1, -0.05) is 26.0 Å². The van der Waals surface area contributed by atoms with Crippen molar-refractivity contribution in [3.63, 3.8) is 0 Å². The van der Waals surface area contributed by atoms with Crippen molar-refractivity contribution in [3.8, 4) is 0 Å². The third kappa shape index (κ3) is 2.76. The molecule has 0 unspecified atom stereocenters. The van der Waals surface area contributed by atoms with E-state index in [0.29, 0.717) is 5.92 Å². The van der Waals surface area contributed by atoms with Crippen molar-refractivity contribution in [3.05, 3.63) is 29.8 Å². The van der Waals surface area contributed by atoms with Gasteiger partial charge in [0.05, 0.1) is 6.61 Å². The Balaban J connectivity index is 2.07. The minimum atomic E-state index is 0.613. The monoisotopic (exact) mass is 219 g/mol. The molecule has 1 aliphatic heterocycles. The molecular weight excluding hydrogens is 198 g/mol. The number of ether oxygens (including phenoxy) is 1. The Bertz CT molecular complexity index is 310. The van der Waals surface area contributed by atoms with Gasteiger partial charge in [-0.25, -0.2) is 0 Å². The summed E-state index contributed by atoms with van der Waals surface area (Å²) in [6, 6.07) is 8.96. The van der Waals surface area contributed by atoms with E-state index < -0.39 is 0 Å². The third-order valence-corrected chi connectivity index (χ3v) is 3.15. The summed E-state index contributed by atoms with van der Waals surface area (Å²) in [5.41, 5.74) is 2.74. The average Bonchev–Trinajstić information content (AvgIpc) is 2.57. The molecule has 88 valence electrons. The molecule has 1 heterocycles. The average molecular weight is 219 g/mol. The highest BCUT2D eigenvalue weighted by Crippen LogP contribution is 2.20. The summed E-state index contributed by atoms with van der Waals surface area (Å²) in [6.07, 6.45) is 1.13. The van der Waals surface area contributed by atoms with E-state index >= 15 is 0 Å². The SMILES string of the molecule is CC(C)c1ccc(N2CCCOCC2)cc1. The van der Waals surface area contributed by atoms with Crippen LogP contribution in [0.2, 0.25) is 0 Å². The molecule has 2 heteroatoms. The first-order valence-corrected chi connectivity index (χ1v) is 6.20. The fourth-order valence-electron chi connectivity index (χ4n) is 2.07. The van der Waals surface area contributed by atoms with Crippen molar-refractivity contribution in [2.45, 2.75) is 26.2 Å². The van der Waals surface area contributed by atoms with E-state index in [-0.39, 0.29) is 0 Å². The van der Waals surface area contributed by atoms with Crippen molar-refractivity contribution in [1.82, 2.24) is 0 Å². The van der Waals surface area contributed by atoms with Crippen LogP contribution in [0.1, 0.15) is 31.7 Å². The van der Waals surface area contributed by atoms with Gasteiger partial charge in [0.1, 0.15) is 0 Å². The number of anilines is 1. The third-order valence-electron chi connectivity index (χ3n) is 3.15. The Kier molecular flexibility index (Phi) is 3.83. The predicted molar refractivity (Wildman–Crippen MR) is 68.2 cm³/mol. The highest BCUT2D eigenvalue weighted by atomic mass is 16.5. The topological polar surface area (TPSA) is 12.5 Å². The lowest BCUT2D eigenvalue weighted by Crippen LogP contribution is -2.25. The molecule has 0 amide bonds. The lowest BCUT2D eigenvalue weighted by Gasteiger charge is -2.22. The van der Waals surface area contributed by atoms with Gasteiger partial charge >= 0.3 is 0 Å². The predicted octanol–water partition coefficient (Wildman–Crippen LogP) is 3.04. The van der Waals surface area contributed by atoms with E-state index in [0.717, 1.165) is 32.7 Å². The zero-order valence-corrected chi connectivity index (χ0v) is 10.3. The van der Waals surface area contributed by atoms with Crippen LogP contribution >= 0.6 is 0 Å². The van der Waals surface area contributed by atoms with Gasteiger partial charge < -0.3 is 9.64 Å². The molecule has 0 bridgehead atoms. The highest BCUT2D eigenvalue weighted by Gasteiger charge is 2.09. The highest BCUT2D eigenvalue weighted by molar-refractivity contribution is 5.48. The molecule has 0 radical (unpaired) electrons. The molecule has 1 aromatic carbocycles. The van der Waals surface area contributed by atoms with Crippen LogP contribution in [0.3, 0.4) is 0 Å². The molecule has 0 atom stereocenters. The fourth-order valence-corrected chi connectivity index (χ4v) is 2.07. The minimum absolute atomic E-state index is 0.613. The lowest BCUT2D eigenvalue weighted by molar-refractivity contribution is 0.152. The summed E-state index contributed by atoms with van der Waals surface area (Å²) in [5.74, 6) is 0.613. The van der Waals surface area contributed by atoms with Gasteiger partial charge in [-0.05, 0) is 30.0 Å². The summed E-state index contributed by atoms with van der Waals surface area (Å²) in [4.78, 5) is 2.41. The number of hydrogen-bond acceptors (Lipinski definition) is 2. The number of nitrogens with zero attached hydrogens (tertiary/aromatic N) is 1. The quantitative estimate of drug-likeness (QED) is 0.758. The van der Waals surface area contributed by atoms with Crippen molar-refractivity contribution in [2.75, 3.05) is 31.2 Å². The van der Waals surface area contributed by atoms with Gasteiger partial charge in [-0.15, -0.1) is 0 Å². The standard InChI is InChI=1S/C14H21NO/c1-12(2)13-4-6-14(7-5-13)15-8-3-10-16-11-9-15/h4-7,12H,3,8-11H2,1-2H3. The molecule has 16 heavy (non-hydrogen) atoms. The molecule has 2 rings (SSSR count). The Morgan fingerprint density at radius 3 is 2.50 bits per heavy atom. The summed E-state index contributed by atoms with van der Waals surface area (Å²) in [5, 5.41) is 0. The van der Waals surface area contributed by atoms with Gasteiger partial charge in [-0.3, -0.25) is 0 Å². The smallest absolute Gasteiger partial charge is 0.0641 e. The Hall–Kier alpha value is -1.02. The number of rotatable bonds is 2. The van der Waals surface area contributed by atoms with Crippen molar-refractivity contribution in [1.29, 1.82) is 0 Å². The summed E-state index contributed by atoms with van der Waals surface area (Å²) in [7, 11) is 0. The van der Waals surface area contributed by atoms with Crippen LogP contribution in [-0.2, 0) is 4.74 Å². The molecule has 1 fully saturated rings. The Labute approximate surface area is 98.2 Å². The molecule has 0 spiro atoms. The summed E-state index contributed by atoms with van der Waals surface area (Å²) >= 11 is 0. The number of benzene rings is 1. The second-order valence-corrected chi connectivity index (χ2v) is 4.70. The zero-order valence-electron chi connectivity index (χ0n) is 10.3. The molecule has 1 aromatic rings. The van der Waals surface area contributed by atoms with Gasteiger partial charge in [0.15, 0.2) is 0 Å². The van der Waals surface area contributed by atoms with Crippen LogP contribution in [0.5, 0.6) is 0 Å². The summed E-state index contributed by atoms with van der Waals surface area (Å²) < 4.78 is 5.47. The van der Waals surface area contributed by atoms with Crippen LogP contribution in [0.25, 0.3) is 0 Å². The molecule has 2 nitrogen and oxygen atoms in total. The molecule has 0 saturated carbocycles. The van der Waals surface area contributed by atoms with E-state index in [1.165, 1.54) is 11.3 Å².